The summed E-state index contributed by atoms with van der Waals surface area (Å²) in [5, 5.41) is 6.62. The van der Waals surface area contributed by atoms with Gasteiger partial charge in [0.1, 0.15) is 0 Å². The zero-order valence-electron chi connectivity index (χ0n) is 23.6. The molecule has 0 fully saturated rings. The van der Waals surface area contributed by atoms with Gasteiger partial charge in [0.2, 0.25) is 0 Å². The second-order valence-electron chi connectivity index (χ2n) is 9.52. The van der Waals surface area contributed by atoms with E-state index in [9.17, 15) is 9.59 Å². The minimum Gasteiger partial charge on any atom is -0.462 e. The van der Waals surface area contributed by atoms with Crippen LogP contribution in [0.25, 0.3) is 22.3 Å². The highest BCUT2D eigenvalue weighted by Crippen LogP contribution is 2.33. The number of ether oxygens (including phenoxy) is 2. The van der Waals surface area contributed by atoms with Gasteiger partial charge in [0.05, 0.1) is 35.7 Å². The van der Waals surface area contributed by atoms with E-state index in [1.54, 1.807) is 26.0 Å². The number of hydrogen-bond donors (Lipinski definition) is 2. The number of esters is 2. The standard InChI is InChI=1S/C36H32N2O4/c1-3-41-35(39)31-23-34(38-30-21-17-28(18-22-30)26-13-9-6-10-14-26)32(36(40)42-4-2)24-33(31)37-29-19-15-27(16-20-29)25-11-7-5-8-12-25/h5-24,37-38H,3-4H2,1-2H3. The Morgan fingerprint density at radius 2 is 0.833 bits per heavy atom. The Balaban J connectivity index is 1.49. The van der Waals surface area contributed by atoms with Crippen LogP contribution in [-0.4, -0.2) is 25.2 Å². The van der Waals surface area contributed by atoms with Gasteiger partial charge < -0.3 is 20.1 Å². The molecular formula is C36H32N2O4. The van der Waals surface area contributed by atoms with Crippen LogP contribution in [0.15, 0.2) is 121 Å². The molecule has 0 heterocycles. The summed E-state index contributed by atoms with van der Waals surface area (Å²) < 4.78 is 10.8. The highest BCUT2D eigenvalue weighted by molar-refractivity contribution is 6.04. The molecule has 6 nitrogen and oxygen atoms in total. The van der Waals surface area contributed by atoms with Gasteiger partial charge in [-0.2, -0.15) is 0 Å². The van der Waals surface area contributed by atoms with Crippen molar-refractivity contribution in [3.63, 3.8) is 0 Å². The van der Waals surface area contributed by atoms with E-state index in [4.69, 9.17) is 9.47 Å². The number of carbonyl (C=O) groups excluding carboxylic acids is 2. The molecule has 0 saturated carbocycles. The van der Waals surface area contributed by atoms with E-state index in [-0.39, 0.29) is 13.2 Å². The van der Waals surface area contributed by atoms with Gasteiger partial charge in [-0.15, -0.1) is 0 Å². The van der Waals surface area contributed by atoms with Crippen molar-refractivity contribution in [1.82, 2.24) is 0 Å². The van der Waals surface area contributed by atoms with Crippen molar-refractivity contribution < 1.29 is 19.1 Å². The summed E-state index contributed by atoms with van der Waals surface area (Å²) in [6.45, 7) is 3.95. The average molecular weight is 557 g/mol. The first-order valence-electron chi connectivity index (χ1n) is 13.9. The van der Waals surface area contributed by atoms with Crippen LogP contribution in [0, 0.1) is 0 Å². The maximum atomic E-state index is 13.1. The number of nitrogens with one attached hydrogen (secondary N) is 2. The molecule has 0 amide bonds. The van der Waals surface area contributed by atoms with Gasteiger partial charge in [0.15, 0.2) is 0 Å². The number of rotatable bonds is 10. The van der Waals surface area contributed by atoms with Crippen molar-refractivity contribution in [2.75, 3.05) is 23.8 Å². The van der Waals surface area contributed by atoms with E-state index in [1.807, 2.05) is 109 Å². The Hall–Kier alpha value is -5.36. The lowest BCUT2D eigenvalue weighted by Gasteiger charge is -2.18. The van der Waals surface area contributed by atoms with Gasteiger partial charge in [0, 0.05) is 11.4 Å². The predicted molar refractivity (Wildman–Crippen MR) is 169 cm³/mol. The largest absolute Gasteiger partial charge is 0.462 e. The molecule has 0 saturated heterocycles. The second kappa shape index (κ2) is 13.3. The Kier molecular flexibility index (Phi) is 8.94. The van der Waals surface area contributed by atoms with Gasteiger partial charge in [-0.25, -0.2) is 9.59 Å². The predicted octanol–water partition coefficient (Wildman–Crippen LogP) is 8.86. The number of hydrogen-bond acceptors (Lipinski definition) is 6. The van der Waals surface area contributed by atoms with E-state index in [0.29, 0.717) is 22.5 Å². The van der Waals surface area contributed by atoms with E-state index in [0.717, 1.165) is 33.6 Å². The molecule has 0 aliphatic carbocycles. The molecule has 0 aliphatic heterocycles. The lowest BCUT2D eigenvalue weighted by atomic mass is 10.0. The van der Waals surface area contributed by atoms with Crippen LogP contribution >= 0.6 is 0 Å². The molecule has 2 N–H and O–H groups in total. The first-order valence-corrected chi connectivity index (χ1v) is 13.9. The van der Waals surface area contributed by atoms with Gasteiger partial charge in [0.25, 0.3) is 0 Å². The van der Waals surface area contributed by atoms with Crippen LogP contribution in [0.1, 0.15) is 34.6 Å². The zero-order chi connectivity index (χ0) is 29.3. The molecule has 0 aromatic heterocycles. The fraction of sp³-hybridized carbons (Fsp3) is 0.111. The molecule has 5 aromatic carbocycles. The van der Waals surface area contributed by atoms with Gasteiger partial charge in [-0.05, 0) is 72.5 Å². The molecule has 0 atom stereocenters. The van der Waals surface area contributed by atoms with E-state index in [1.165, 1.54) is 0 Å². The summed E-state index contributed by atoms with van der Waals surface area (Å²) in [6, 6.07) is 39.2. The average Bonchev–Trinajstić information content (AvgIpc) is 3.03. The zero-order valence-corrected chi connectivity index (χ0v) is 23.6. The summed E-state index contributed by atoms with van der Waals surface area (Å²) in [5.74, 6) is -1.00. The summed E-state index contributed by atoms with van der Waals surface area (Å²) in [4.78, 5) is 26.2. The lowest BCUT2D eigenvalue weighted by molar-refractivity contribution is 0.0513. The summed E-state index contributed by atoms with van der Waals surface area (Å²) in [6.07, 6.45) is 0. The fourth-order valence-corrected chi connectivity index (χ4v) is 4.63. The number of carbonyl (C=O) groups is 2. The minimum atomic E-state index is -0.501. The van der Waals surface area contributed by atoms with Crippen molar-refractivity contribution in [2.45, 2.75) is 13.8 Å². The monoisotopic (exact) mass is 556 g/mol. The topological polar surface area (TPSA) is 76.7 Å². The molecule has 0 bridgehead atoms. The second-order valence-corrected chi connectivity index (χ2v) is 9.52. The Bertz CT molecular complexity index is 1520. The van der Waals surface area contributed by atoms with Crippen LogP contribution < -0.4 is 10.6 Å². The first-order chi connectivity index (χ1) is 20.6. The Labute approximate surface area is 245 Å². The van der Waals surface area contributed by atoms with Crippen molar-refractivity contribution >= 4 is 34.7 Å². The SMILES string of the molecule is CCOC(=O)c1cc(Nc2ccc(-c3ccccc3)cc2)c(C(=O)OCC)cc1Nc1ccc(-c2ccccc2)cc1. The van der Waals surface area contributed by atoms with Crippen molar-refractivity contribution in [3.8, 4) is 22.3 Å². The van der Waals surface area contributed by atoms with Crippen LogP contribution in [0.4, 0.5) is 22.7 Å². The van der Waals surface area contributed by atoms with Crippen LogP contribution in [0.5, 0.6) is 0 Å². The Morgan fingerprint density at radius 3 is 1.17 bits per heavy atom. The highest BCUT2D eigenvalue weighted by Gasteiger charge is 2.22. The summed E-state index contributed by atoms with van der Waals surface area (Å²) >= 11 is 0. The maximum absolute atomic E-state index is 13.1. The molecule has 210 valence electrons. The minimum absolute atomic E-state index is 0.216. The lowest BCUT2D eigenvalue weighted by Crippen LogP contribution is -2.13. The molecule has 0 unspecified atom stereocenters. The number of anilines is 4. The van der Waals surface area contributed by atoms with Crippen LogP contribution in [-0.2, 0) is 9.47 Å². The van der Waals surface area contributed by atoms with E-state index in [2.05, 4.69) is 10.6 Å². The normalized spacial score (nSPS) is 10.5. The summed E-state index contributed by atoms with van der Waals surface area (Å²) in [5.41, 5.74) is 7.32. The highest BCUT2D eigenvalue weighted by atomic mass is 16.5. The first kappa shape index (κ1) is 28.2. The molecule has 6 heteroatoms. The molecule has 0 radical (unpaired) electrons. The quantitative estimate of drug-likeness (QED) is 0.167. The fourth-order valence-electron chi connectivity index (χ4n) is 4.63. The smallest absolute Gasteiger partial charge is 0.340 e. The summed E-state index contributed by atoms with van der Waals surface area (Å²) in [7, 11) is 0. The Morgan fingerprint density at radius 1 is 0.500 bits per heavy atom. The van der Waals surface area contributed by atoms with Crippen molar-refractivity contribution in [3.05, 3.63) is 132 Å². The third-order valence-electron chi connectivity index (χ3n) is 6.69. The van der Waals surface area contributed by atoms with E-state index >= 15 is 0 Å². The molecule has 0 aliphatic rings. The van der Waals surface area contributed by atoms with Crippen LogP contribution in [0.3, 0.4) is 0 Å². The number of benzene rings is 5. The van der Waals surface area contributed by atoms with Crippen LogP contribution in [0.2, 0.25) is 0 Å². The van der Waals surface area contributed by atoms with E-state index < -0.39 is 11.9 Å². The van der Waals surface area contributed by atoms with Gasteiger partial charge in [-0.1, -0.05) is 84.9 Å². The van der Waals surface area contributed by atoms with Crippen molar-refractivity contribution in [1.29, 1.82) is 0 Å². The third kappa shape index (κ3) is 6.67. The molecule has 5 rings (SSSR count). The molecule has 5 aromatic rings. The maximum Gasteiger partial charge on any atom is 0.340 e. The van der Waals surface area contributed by atoms with Gasteiger partial charge >= 0.3 is 11.9 Å². The molecule has 42 heavy (non-hydrogen) atoms. The third-order valence-corrected chi connectivity index (χ3v) is 6.69. The molecule has 0 spiro atoms. The molecular weight excluding hydrogens is 524 g/mol. The van der Waals surface area contributed by atoms with Gasteiger partial charge in [-0.3, -0.25) is 0 Å². The van der Waals surface area contributed by atoms with Crippen molar-refractivity contribution in [2.24, 2.45) is 0 Å².